The molecule has 1 atom stereocenters. The predicted molar refractivity (Wildman–Crippen MR) is 71.1 cm³/mol. The second-order valence-electron chi connectivity index (χ2n) is 3.77. The highest BCUT2D eigenvalue weighted by Crippen LogP contribution is 2.32. The summed E-state index contributed by atoms with van der Waals surface area (Å²) in [5.74, 6) is -0.351. The smallest absolute Gasteiger partial charge is 0.129 e. The molecule has 1 heterocycles. The number of nitrogens with two attached hydrogens (primary N) is 1. The van der Waals surface area contributed by atoms with Crippen molar-refractivity contribution in [3.8, 4) is 0 Å². The van der Waals surface area contributed by atoms with Gasteiger partial charge in [0.15, 0.2) is 0 Å². The van der Waals surface area contributed by atoms with Crippen LogP contribution < -0.4 is 5.73 Å². The zero-order valence-corrected chi connectivity index (χ0v) is 11.0. The van der Waals surface area contributed by atoms with Gasteiger partial charge in [-0.05, 0) is 30.7 Å². The summed E-state index contributed by atoms with van der Waals surface area (Å²) in [7, 11) is 0. The van der Waals surface area contributed by atoms with Crippen molar-refractivity contribution in [2.24, 2.45) is 5.73 Å². The van der Waals surface area contributed by atoms with Gasteiger partial charge in [0.25, 0.3) is 0 Å². The standard InChI is InChI=1S/C13H13ClFNS/c1-2-8-6-7-11(17-8)13(16)12-9(14)4-3-5-10(12)15/h3-7,13H,2,16H2,1H3. The number of halogens is 2. The van der Waals surface area contributed by atoms with Gasteiger partial charge < -0.3 is 5.73 Å². The maximum absolute atomic E-state index is 13.7. The Morgan fingerprint density at radius 1 is 1.35 bits per heavy atom. The molecule has 0 aliphatic rings. The van der Waals surface area contributed by atoms with E-state index in [1.54, 1.807) is 23.5 Å². The molecule has 0 amide bonds. The largest absolute Gasteiger partial charge is 0.319 e. The molecule has 0 radical (unpaired) electrons. The third kappa shape index (κ3) is 2.51. The molecule has 4 heteroatoms. The molecule has 2 rings (SSSR count). The molecular weight excluding hydrogens is 257 g/mol. The molecule has 1 nitrogen and oxygen atoms in total. The molecule has 1 aromatic heterocycles. The normalized spacial score (nSPS) is 12.7. The molecule has 1 aromatic carbocycles. The maximum atomic E-state index is 13.7. The lowest BCUT2D eigenvalue weighted by atomic mass is 10.1. The monoisotopic (exact) mass is 269 g/mol. The molecule has 2 aromatic rings. The molecule has 2 N–H and O–H groups in total. The van der Waals surface area contributed by atoms with Crippen LogP contribution in [-0.2, 0) is 6.42 Å². The molecule has 0 fully saturated rings. The van der Waals surface area contributed by atoms with Gasteiger partial charge >= 0.3 is 0 Å². The highest BCUT2D eigenvalue weighted by Gasteiger charge is 2.18. The van der Waals surface area contributed by atoms with E-state index < -0.39 is 6.04 Å². The van der Waals surface area contributed by atoms with E-state index >= 15 is 0 Å². The van der Waals surface area contributed by atoms with Crippen molar-refractivity contribution in [3.63, 3.8) is 0 Å². The molecule has 0 bridgehead atoms. The first-order chi connectivity index (χ1) is 8.13. The molecule has 0 aliphatic heterocycles. The fraction of sp³-hybridized carbons (Fsp3) is 0.231. The Bertz CT molecular complexity index is 504. The lowest BCUT2D eigenvalue weighted by Gasteiger charge is -2.12. The van der Waals surface area contributed by atoms with E-state index in [1.165, 1.54) is 10.9 Å². The number of benzene rings is 1. The minimum absolute atomic E-state index is 0.351. The van der Waals surface area contributed by atoms with Gasteiger partial charge in [0.1, 0.15) is 5.82 Å². The van der Waals surface area contributed by atoms with E-state index in [4.69, 9.17) is 17.3 Å². The van der Waals surface area contributed by atoms with Gasteiger partial charge in [-0.1, -0.05) is 24.6 Å². The van der Waals surface area contributed by atoms with Crippen molar-refractivity contribution >= 4 is 22.9 Å². The summed E-state index contributed by atoms with van der Waals surface area (Å²) in [5, 5.41) is 0.379. The van der Waals surface area contributed by atoms with Crippen LogP contribution in [0.1, 0.15) is 28.3 Å². The van der Waals surface area contributed by atoms with Crippen LogP contribution in [-0.4, -0.2) is 0 Å². The molecule has 0 aliphatic carbocycles. The SMILES string of the molecule is CCc1ccc(C(N)c2c(F)cccc2Cl)s1. The summed E-state index contributed by atoms with van der Waals surface area (Å²) in [4.78, 5) is 2.18. The van der Waals surface area contributed by atoms with Gasteiger partial charge in [0.05, 0.1) is 6.04 Å². The first-order valence-corrected chi connectivity index (χ1v) is 6.61. The van der Waals surface area contributed by atoms with Crippen LogP contribution in [0.3, 0.4) is 0 Å². The average molecular weight is 270 g/mol. The topological polar surface area (TPSA) is 26.0 Å². The first kappa shape index (κ1) is 12.6. The zero-order chi connectivity index (χ0) is 12.4. The van der Waals surface area contributed by atoms with E-state index in [-0.39, 0.29) is 5.82 Å². The Morgan fingerprint density at radius 3 is 2.71 bits per heavy atom. The number of rotatable bonds is 3. The van der Waals surface area contributed by atoms with Gasteiger partial charge in [-0.2, -0.15) is 0 Å². The van der Waals surface area contributed by atoms with Gasteiger partial charge in [0, 0.05) is 20.3 Å². The highest BCUT2D eigenvalue weighted by atomic mass is 35.5. The van der Waals surface area contributed by atoms with Crippen LogP contribution in [0.5, 0.6) is 0 Å². The molecule has 90 valence electrons. The summed E-state index contributed by atoms with van der Waals surface area (Å²) in [6, 6.07) is 8.10. The Hall–Kier alpha value is -0.900. The molecule has 0 saturated heterocycles. The fourth-order valence-electron chi connectivity index (χ4n) is 1.70. The quantitative estimate of drug-likeness (QED) is 0.890. The molecular formula is C13H13ClFNS. The molecule has 0 saturated carbocycles. The minimum atomic E-state index is -0.492. The Labute approximate surface area is 109 Å². The van der Waals surface area contributed by atoms with Crippen LogP contribution in [0.2, 0.25) is 5.02 Å². The van der Waals surface area contributed by atoms with Crippen molar-refractivity contribution in [1.82, 2.24) is 0 Å². The van der Waals surface area contributed by atoms with Crippen molar-refractivity contribution in [3.05, 3.63) is 56.5 Å². The zero-order valence-electron chi connectivity index (χ0n) is 9.41. The van der Waals surface area contributed by atoms with Crippen LogP contribution in [0.15, 0.2) is 30.3 Å². The first-order valence-electron chi connectivity index (χ1n) is 5.41. The number of hydrogen-bond donors (Lipinski definition) is 1. The highest BCUT2D eigenvalue weighted by molar-refractivity contribution is 7.12. The van der Waals surface area contributed by atoms with Crippen molar-refractivity contribution in [2.45, 2.75) is 19.4 Å². The van der Waals surface area contributed by atoms with E-state index in [0.29, 0.717) is 10.6 Å². The Balaban J connectivity index is 2.39. The molecule has 0 spiro atoms. The van der Waals surface area contributed by atoms with E-state index in [9.17, 15) is 4.39 Å². The Kier molecular flexibility index (Phi) is 3.82. The molecule has 1 unspecified atom stereocenters. The average Bonchev–Trinajstić information content (AvgIpc) is 2.77. The van der Waals surface area contributed by atoms with E-state index in [1.807, 2.05) is 12.1 Å². The summed E-state index contributed by atoms with van der Waals surface area (Å²) >= 11 is 7.60. The van der Waals surface area contributed by atoms with Crippen LogP contribution in [0, 0.1) is 5.82 Å². The van der Waals surface area contributed by atoms with Gasteiger partial charge in [0.2, 0.25) is 0 Å². The van der Waals surface area contributed by atoms with Crippen LogP contribution in [0.4, 0.5) is 4.39 Å². The molecule has 17 heavy (non-hydrogen) atoms. The number of thiophene rings is 1. The van der Waals surface area contributed by atoms with Crippen LogP contribution in [0.25, 0.3) is 0 Å². The lowest BCUT2D eigenvalue weighted by Crippen LogP contribution is -2.12. The van der Waals surface area contributed by atoms with Crippen molar-refractivity contribution in [1.29, 1.82) is 0 Å². The second-order valence-corrected chi connectivity index (χ2v) is 5.38. The van der Waals surface area contributed by atoms with Crippen molar-refractivity contribution < 1.29 is 4.39 Å². The summed E-state index contributed by atoms with van der Waals surface area (Å²) < 4.78 is 13.7. The van der Waals surface area contributed by atoms with Gasteiger partial charge in [-0.15, -0.1) is 11.3 Å². The van der Waals surface area contributed by atoms with E-state index in [0.717, 1.165) is 11.3 Å². The predicted octanol–water partition coefficient (Wildman–Crippen LogP) is 4.15. The third-order valence-electron chi connectivity index (χ3n) is 2.65. The van der Waals surface area contributed by atoms with Crippen molar-refractivity contribution in [2.75, 3.05) is 0 Å². The third-order valence-corrected chi connectivity index (χ3v) is 4.29. The Morgan fingerprint density at radius 2 is 2.12 bits per heavy atom. The number of aryl methyl sites for hydroxylation is 1. The number of hydrogen-bond acceptors (Lipinski definition) is 2. The maximum Gasteiger partial charge on any atom is 0.129 e. The fourth-order valence-corrected chi connectivity index (χ4v) is 2.95. The minimum Gasteiger partial charge on any atom is -0.319 e. The summed E-state index contributed by atoms with van der Waals surface area (Å²) in [5.41, 5.74) is 6.45. The van der Waals surface area contributed by atoms with Crippen LogP contribution >= 0.6 is 22.9 Å². The lowest BCUT2D eigenvalue weighted by molar-refractivity contribution is 0.601. The second kappa shape index (κ2) is 5.17. The van der Waals surface area contributed by atoms with Gasteiger partial charge in [-0.3, -0.25) is 0 Å². The summed E-state index contributed by atoms with van der Waals surface area (Å²) in [6.45, 7) is 2.08. The van der Waals surface area contributed by atoms with Gasteiger partial charge in [-0.25, -0.2) is 4.39 Å². The summed E-state index contributed by atoms with van der Waals surface area (Å²) in [6.07, 6.45) is 0.961. The van der Waals surface area contributed by atoms with E-state index in [2.05, 4.69) is 6.92 Å².